The van der Waals surface area contributed by atoms with Crippen molar-refractivity contribution in [3.63, 3.8) is 0 Å². The third-order valence-corrected chi connectivity index (χ3v) is 4.49. The molecule has 3 rings (SSSR count). The van der Waals surface area contributed by atoms with E-state index in [1.54, 1.807) is 23.4 Å². The third kappa shape index (κ3) is 3.03. The molecule has 8 nitrogen and oxygen atoms in total. The van der Waals surface area contributed by atoms with Gasteiger partial charge < -0.3 is 10.2 Å². The standard InChI is InChI=1S/C13H15N5O3S/c19-10-6-16-13(21)18(10)9-2-5-17(7-9)11(20)8-22-12-14-3-1-4-15-12/h1,3-4,9H,2,5-8H2,(H,16,21). The van der Waals surface area contributed by atoms with Gasteiger partial charge in [-0.05, 0) is 12.5 Å². The predicted molar refractivity (Wildman–Crippen MR) is 78.0 cm³/mol. The number of aromatic nitrogens is 2. The van der Waals surface area contributed by atoms with Gasteiger partial charge >= 0.3 is 6.03 Å². The van der Waals surface area contributed by atoms with E-state index in [1.807, 2.05) is 0 Å². The molecule has 1 aromatic rings. The van der Waals surface area contributed by atoms with E-state index in [9.17, 15) is 14.4 Å². The zero-order valence-corrected chi connectivity index (χ0v) is 12.6. The summed E-state index contributed by atoms with van der Waals surface area (Å²) in [6.07, 6.45) is 3.88. The number of hydrogen-bond donors (Lipinski definition) is 1. The highest BCUT2D eigenvalue weighted by atomic mass is 32.2. The molecular weight excluding hydrogens is 306 g/mol. The van der Waals surface area contributed by atoms with Crippen LogP contribution in [0.2, 0.25) is 0 Å². The van der Waals surface area contributed by atoms with Crippen molar-refractivity contribution in [1.29, 1.82) is 0 Å². The van der Waals surface area contributed by atoms with E-state index in [0.29, 0.717) is 24.7 Å². The van der Waals surface area contributed by atoms with Crippen LogP contribution >= 0.6 is 11.8 Å². The second-order valence-electron chi connectivity index (χ2n) is 5.02. The van der Waals surface area contributed by atoms with Crippen molar-refractivity contribution >= 4 is 29.6 Å². The molecule has 0 radical (unpaired) electrons. The summed E-state index contributed by atoms with van der Waals surface area (Å²) in [5.41, 5.74) is 0. The highest BCUT2D eigenvalue weighted by Crippen LogP contribution is 2.20. The van der Waals surface area contributed by atoms with E-state index in [1.165, 1.54) is 16.7 Å². The van der Waals surface area contributed by atoms with Gasteiger partial charge in [0.25, 0.3) is 0 Å². The molecule has 9 heteroatoms. The summed E-state index contributed by atoms with van der Waals surface area (Å²) in [5.74, 6) is -0.0139. The summed E-state index contributed by atoms with van der Waals surface area (Å²) < 4.78 is 0. The number of rotatable bonds is 4. The van der Waals surface area contributed by atoms with E-state index in [2.05, 4.69) is 15.3 Å². The minimum absolute atomic E-state index is 0.0352. The van der Waals surface area contributed by atoms with Crippen LogP contribution in [0.5, 0.6) is 0 Å². The summed E-state index contributed by atoms with van der Waals surface area (Å²) in [4.78, 5) is 46.5. The molecule has 2 aliphatic rings. The second-order valence-corrected chi connectivity index (χ2v) is 5.97. The normalized spacial score (nSPS) is 21.4. The van der Waals surface area contributed by atoms with Gasteiger partial charge in [-0.15, -0.1) is 0 Å². The lowest BCUT2D eigenvalue weighted by molar-refractivity contribution is -0.129. The molecule has 0 saturated carbocycles. The number of likely N-dealkylation sites (tertiary alicyclic amines) is 1. The van der Waals surface area contributed by atoms with Crippen molar-refractivity contribution < 1.29 is 14.4 Å². The maximum absolute atomic E-state index is 12.2. The molecule has 1 aromatic heterocycles. The SMILES string of the molecule is O=C(CSc1ncccn1)N1CCC(N2C(=O)CNC2=O)C1. The van der Waals surface area contributed by atoms with Gasteiger partial charge in [0.1, 0.15) is 0 Å². The fourth-order valence-electron chi connectivity index (χ4n) is 2.56. The number of nitrogens with one attached hydrogen (secondary N) is 1. The monoisotopic (exact) mass is 321 g/mol. The quantitative estimate of drug-likeness (QED) is 0.466. The third-order valence-electron chi connectivity index (χ3n) is 3.63. The smallest absolute Gasteiger partial charge is 0.324 e. The summed E-state index contributed by atoms with van der Waals surface area (Å²) in [6, 6.07) is 1.13. The highest BCUT2D eigenvalue weighted by Gasteiger charge is 2.39. The van der Waals surface area contributed by atoms with Crippen molar-refractivity contribution in [3.8, 4) is 0 Å². The first-order chi connectivity index (χ1) is 10.6. The fourth-order valence-corrected chi connectivity index (χ4v) is 3.27. The molecular formula is C13H15N5O3S. The Hall–Kier alpha value is -2.16. The topological polar surface area (TPSA) is 95.5 Å². The number of carbonyl (C=O) groups is 3. The van der Waals surface area contributed by atoms with E-state index in [0.717, 1.165) is 0 Å². The van der Waals surface area contributed by atoms with Gasteiger partial charge in [0.05, 0.1) is 18.3 Å². The van der Waals surface area contributed by atoms with Gasteiger partial charge in [0, 0.05) is 25.5 Å². The Balaban J connectivity index is 1.53. The molecule has 1 unspecified atom stereocenters. The van der Waals surface area contributed by atoms with Crippen LogP contribution < -0.4 is 5.32 Å². The van der Waals surface area contributed by atoms with Gasteiger partial charge in [0.2, 0.25) is 11.8 Å². The van der Waals surface area contributed by atoms with Gasteiger partial charge in [-0.1, -0.05) is 11.8 Å². The van der Waals surface area contributed by atoms with Crippen LogP contribution in [-0.4, -0.2) is 69.0 Å². The largest absolute Gasteiger partial charge is 0.340 e. The minimum atomic E-state index is -0.364. The molecule has 4 amide bonds. The summed E-state index contributed by atoms with van der Waals surface area (Å²) in [5, 5.41) is 3.06. The van der Waals surface area contributed by atoms with Crippen LogP contribution in [0.1, 0.15) is 6.42 Å². The van der Waals surface area contributed by atoms with Crippen LogP contribution in [0.4, 0.5) is 4.79 Å². The maximum Gasteiger partial charge on any atom is 0.324 e. The summed E-state index contributed by atoms with van der Waals surface area (Å²) in [7, 11) is 0. The van der Waals surface area contributed by atoms with Crippen LogP contribution in [0.15, 0.2) is 23.6 Å². The van der Waals surface area contributed by atoms with Gasteiger partial charge in [-0.25, -0.2) is 14.8 Å². The number of hydrogen-bond acceptors (Lipinski definition) is 6. The predicted octanol–water partition coefficient (Wildman–Crippen LogP) is -0.279. The molecule has 0 bridgehead atoms. The first-order valence-corrected chi connectivity index (χ1v) is 7.91. The van der Waals surface area contributed by atoms with Crippen molar-refractivity contribution in [3.05, 3.63) is 18.5 Å². The number of nitrogens with zero attached hydrogens (tertiary/aromatic N) is 4. The average Bonchev–Trinajstić information content (AvgIpc) is 3.13. The molecule has 3 heterocycles. The molecule has 2 saturated heterocycles. The molecule has 1 N–H and O–H groups in total. The molecule has 0 aromatic carbocycles. The van der Waals surface area contributed by atoms with E-state index < -0.39 is 0 Å². The summed E-state index contributed by atoms with van der Waals surface area (Å²) >= 11 is 1.28. The molecule has 0 spiro atoms. The Morgan fingerprint density at radius 3 is 2.82 bits per heavy atom. The Bertz CT molecular complexity index is 581. The van der Waals surface area contributed by atoms with Crippen molar-refractivity contribution in [1.82, 2.24) is 25.1 Å². The van der Waals surface area contributed by atoms with Gasteiger partial charge in [-0.2, -0.15) is 0 Å². The van der Waals surface area contributed by atoms with Crippen LogP contribution in [0.3, 0.4) is 0 Å². The fraction of sp³-hybridized carbons (Fsp3) is 0.462. The lowest BCUT2D eigenvalue weighted by Crippen LogP contribution is -2.43. The van der Waals surface area contributed by atoms with Crippen molar-refractivity contribution in [2.24, 2.45) is 0 Å². The lowest BCUT2D eigenvalue weighted by atomic mass is 10.2. The van der Waals surface area contributed by atoms with Gasteiger partial charge in [0.15, 0.2) is 5.16 Å². The zero-order valence-electron chi connectivity index (χ0n) is 11.8. The number of thioether (sulfide) groups is 1. The highest BCUT2D eigenvalue weighted by molar-refractivity contribution is 7.99. The number of amides is 4. The second kappa shape index (κ2) is 6.30. The zero-order chi connectivity index (χ0) is 15.5. The van der Waals surface area contributed by atoms with E-state index >= 15 is 0 Å². The summed E-state index contributed by atoms with van der Waals surface area (Å²) in [6.45, 7) is 0.995. The lowest BCUT2D eigenvalue weighted by Gasteiger charge is -2.21. The first-order valence-electron chi connectivity index (χ1n) is 6.92. The van der Waals surface area contributed by atoms with Crippen LogP contribution in [0.25, 0.3) is 0 Å². The van der Waals surface area contributed by atoms with Gasteiger partial charge in [-0.3, -0.25) is 14.5 Å². The number of imide groups is 1. The Labute approximate surface area is 131 Å². The Morgan fingerprint density at radius 2 is 2.14 bits per heavy atom. The Kier molecular flexibility index (Phi) is 4.23. The van der Waals surface area contributed by atoms with Crippen molar-refractivity contribution in [2.45, 2.75) is 17.6 Å². The minimum Gasteiger partial charge on any atom is -0.340 e. The molecule has 2 fully saturated rings. The molecule has 2 aliphatic heterocycles. The first kappa shape index (κ1) is 14.8. The van der Waals surface area contributed by atoms with E-state index in [4.69, 9.17) is 0 Å². The molecule has 116 valence electrons. The molecule has 1 atom stereocenters. The van der Waals surface area contributed by atoms with Crippen LogP contribution in [-0.2, 0) is 9.59 Å². The molecule has 0 aliphatic carbocycles. The number of carbonyl (C=O) groups excluding carboxylic acids is 3. The number of urea groups is 1. The average molecular weight is 321 g/mol. The molecule has 22 heavy (non-hydrogen) atoms. The Morgan fingerprint density at radius 1 is 1.36 bits per heavy atom. The van der Waals surface area contributed by atoms with Crippen molar-refractivity contribution in [2.75, 3.05) is 25.4 Å². The maximum atomic E-state index is 12.2. The van der Waals surface area contributed by atoms with E-state index in [-0.39, 0.29) is 36.2 Å². The van der Waals surface area contributed by atoms with Crippen LogP contribution in [0, 0.1) is 0 Å².